The maximum Gasteiger partial charge on any atom is 0.154 e. The van der Waals surface area contributed by atoms with Gasteiger partial charge in [0.25, 0.3) is 0 Å². The number of rotatable bonds is 3. The number of ketones is 1. The average Bonchev–Trinajstić information content (AvgIpc) is 2.62. The van der Waals surface area contributed by atoms with Gasteiger partial charge in [-0.25, -0.2) is 4.39 Å². The minimum Gasteiger partial charge on any atom is -0.307 e. The van der Waals surface area contributed by atoms with Gasteiger partial charge in [0.15, 0.2) is 5.78 Å². The van der Waals surface area contributed by atoms with Crippen molar-refractivity contribution >= 4 is 21.7 Å². The first-order valence-corrected chi connectivity index (χ1v) is 7.16. The molecule has 0 amide bonds. The van der Waals surface area contributed by atoms with E-state index in [0.717, 1.165) is 35.8 Å². The standard InChI is InChI=1S/C14H17BrFNO/c15-12-6-5-11(16)8-10(12)9-14(18)13-4-2-1-3-7-17-13/h5-6,8,13,17H,1-4,7,9H2. The molecule has 2 rings (SSSR count). The molecule has 1 aliphatic rings. The lowest BCUT2D eigenvalue weighted by molar-refractivity contribution is -0.120. The molecule has 1 aromatic carbocycles. The molecule has 1 unspecified atom stereocenters. The first-order chi connectivity index (χ1) is 8.66. The number of halogens is 2. The van der Waals surface area contributed by atoms with Crippen molar-refractivity contribution in [1.82, 2.24) is 5.32 Å². The fourth-order valence-electron chi connectivity index (χ4n) is 2.29. The zero-order valence-electron chi connectivity index (χ0n) is 10.2. The van der Waals surface area contributed by atoms with Crippen LogP contribution in [0.15, 0.2) is 22.7 Å². The third-order valence-corrected chi connectivity index (χ3v) is 4.10. The van der Waals surface area contributed by atoms with Gasteiger partial charge in [0.05, 0.1) is 6.04 Å². The highest BCUT2D eigenvalue weighted by Gasteiger charge is 2.20. The van der Waals surface area contributed by atoms with Crippen LogP contribution in [0.5, 0.6) is 0 Å². The summed E-state index contributed by atoms with van der Waals surface area (Å²) in [4.78, 5) is 12.2. The number of benzene rings is 1. The van der Waals surface area contributed by atoms with Gasteiger partial charge in [-0.15, -0.1) is 0 Å². The molecule has 1 aromatic rings. The molecule has 2 nitrogen and oxygen atoms in total. The molecule has 0 bridgehead atoms. The summed E-state index contributed by atoms with van der Waals surface area (Å²) < 4.78 is 14.0. The Morgan fingerprint density at radius 3 is 3.06 bits per heavy atom. The normalized spacial score (nSPS) is 20.4. The van der Waals surface area contributed by atoms with Crippen LogP contribution in [-0.2, 0) is 11.2 Å². The number of hydrogen-bond acceptors (Lipinski definition) is 2. The highest BCUT2D eigenvalue weighted by atomic mass is 79.9. The largest absolute Gasteiger partial charge is 0.307 e. The molecular weight excluding hydrogens is 297 g/mol. The third-order valence-electron chi connectivity index (χ3n) is 3.32. The zero-order chi connectivity index (χ0) is 13.0. The molecule has 0 radical (unpaired) electrons. The molecule has 0 spiro atoms. The van der Waals surface area contributed by atoms with Gasteiger partial charge in [-0.05, 0) is 43.1 Å². The second-order valence-electron chi connectivity index (χ2n) is 4.73. The van der Waals surface area contributed by atoms with Crippen LogP contribution in [0.2, 0.25) is 0 Å². The van der Waals surface area contributed by atoms with Gasteiger partial charge in [-0.1, -0.05) is 28.8 Å². The maximum atomic E-state index is 13.2. The van der Waals surface area contributed by atoms with Crippen molar-refractivity contribution in [2.75, 3.05) is 6.54 Å². The number of carbonyl (C=O) groups excluding carboxylic acids is 1. The lowest BCUT2D eigenvalue weighted by Crippen LogP contribution is -2.37. The fourth-order valence-corrected chi connectivity index (χ4v) is 2.68. The summed E-state index contributed by atoms with van der Waals surface area (Å²) in [5, 5.41) is 3.28. The van der Waals surface area contributed by atoms with Crippen LogP contribution in [0, 0.1) is 5.82 Å². The SMILES string of the molecule is O=C(Cc1cc(F)ccc1Br)C1CCCCCN1. The van der Waals surface area contributed by atoms with E-state index in [9.17, 15) is 9.18 Å². The van der Waals surface area contributed by atoms with Gasteiger partial charge in [0.2, 0.25) is 0 Å². The molecule has 0 aromatic heterocycles. The summed E-state index contributed by atoms with van der Waals surface area (Å²) in [7, 11) is 0. The van der Waals surface area contributed by atoms with Crippen LogP contribution in [0.3, 0.4) is 0 Å². The van der Waals surface area contributed by atoms with E-state index in [1.807, 2.05) is 0 Å². The molecule has 0 saturated carbocycles. The maximum absolute atomic E-state index is 13.2. The van der Waals surface area contributed by atoms with E-state index >= 15 is 0 Å². The van der Waals surface area contributed by atoms with E-state index in [4.69, 9.17) is 0 Å². The van der Waals surface area contributed by atoms with Crippen LogP contribution in [0.4, 0.5) is 4.39 Å². The van der Waals surface area contributed by atoms with E-state index in [2.05, 4.69) is 21.2 Å². The lowest BCUT2D eigenvalue weighted by Gasteiger charge is -2.14. The van der Waals surface area contributed by atoms with Gasteiger partial charge in [-0.2, -0.15) is 0 Å². The van der Waals surface area contributed by atoms with Gasteiger partial charge >= 0.3 is 0 Å². The predicted molar refractivity (Wildman–Crippen MR) is 73.1 cm³/mol. The summed E-state index contributed by atoms with van der Waals surface area (Å²) in [6.07, 6.45) is 4.59. The first kappa shape index (κ1) is 13.7. The highest BCUT2D eigenvalue weighted by molar-refractivity contribution is 9.10. The Bertz CT molecular complexity index is 428. The van der Waals surface area contributed by atoms with Crippen molar-refractivity contribution in [2.45, 2.75) is 38.1 Å². The molecule has 98 valence electrons. The number of hydrogen-bond donors (Lipinski definition) is 1. The van der Waals surface area contributed by atoms with E-state index in [0.29, 0.717) is 0 Å². The van der Waals surface area contributed by atoms with E-state index in [1.165, 1.54) is 18.6 Å². The molecular formula is C14H17BrFNO. The van der Waals surface area contributed by atoms with Crippen LogP contribution in [-0.4, -0.2) is 18.4 Å². The monoisotopic (exact) mass is 313 g/mol. The van der Waals surface area contributed by atoms with E-state index in [1.54, 1.807) is 6.07 Å². The molecule has 1 aliphatic heterocycles. The molecule has 1 fully saturated rings. The highest BCUT2D eigenvalue weighted by Crippen LogP contribution is 2.20. The molecule has 1 heterocycles. The quantitative estimate of drug-likeness (QED) is 0.928. The second kappa shape index (κ2) is 6.43. The summed E-state index contributed by atoms with van der Waals surface area (Å²) >= 11 is 3.36. The van der Waals surface area contributed by atoms with Gasteiger partial charge < -0.3 is 5.32 Å². The zero-order valence-corrected chi connectivity index (χ0v) is 11.8. The Kier molecular flexibility index (Phi) is 4.89. The number of nitrogens with one attached hydrogen (secondary N) is 1. The van der Waals surface area contributed by atoms with Gasteiger partial charge in [-0.3, -0.25) is 4.79 Å². The van der Waals surface area contributed by atoms with Crippen molar-refractivity contribution in [2.24, 2.45) is 0 Å². The van der Waals surface area contributed by atoms with Crippen LogP contribution >= 0.6 is 15.9 Å². The summed E-state index contributed by atoms with van der Waals surface area (Å²) in [5.41, 5.74) is 0.728. The number of carbonyl (C=O) groups is 1. The van der Waals surface area contributed by atoms with Gasteiger partial charge in [0.1, 0.15) is 5.82 Å². The van der Waals surface area contributed by atoms with Crippen molar-refractivity contribution in [3.8, 4) is 0 Å². The Labute approximate surface area is 115 Å². The predicted octanol–water partition coefficient (Wildman–Crippen LogP) is 3.23. The van der Waals surface area contributed by atoms with Crippen molar-refractivity contribution < 1.29 is 9.18 Å². The minimum atomic E-state index is -0.296. The van der Waals surface area contributed by atoms with Crippen molar-refractivity contribution in [3.05, 3.63) is 34.1 Å². The molecule has 1 saturated heterocycles. The Hall–Kier alpha value is -0.740. The van der Waals surface area contributed by atoms with Crippen molar-refractivity contribution in [1.29, 1.82) is 0 Å². The molecule has 0 aliphatic carbocycles. The summed E-state index contributed by atoms with van der Waals surface area (Å²) in [6.45, 7) is 0.903. The van der Waals surface area contributed by atoms with Gasteiger partial charge in [0, 0.05) is 10.9 Å². The van der Waals surface area contributed by atoms with Crippen LogP contribution in [0.25, 0.3) is 0 Å². The van der Waals surface area contributed by atoms with Crippen molar-refractivity contribution in [3.63, 3.8) is 0 Å². The molecule has 1 N–H and O–H groups in total. The van der Waals surface area contributed by atoms with E-state index in [-0.39, 0.29) is 24.1 Å². The lowest BCUT2D eigenvalue weighted by atomic mass is 10.0. The topological polar surface area (TPSA) is 29.1 Å². The smallest absolute Gasteiger partial charge is 0.154 e. The minimum absolute atomic E-state index is 0.0670. The Balaban J connectivity index is 2.03. The summed E-state index contributed by atoms with van der Waals surface area (Å²) in [5.74, 6) is -0.141. The third kappa shape index (κ3) is 3.62. The van der Waals surface area contributed by atoms with Crippen LogP contribution in [0.1, 0.15) is 31.2 Å². The molecule has 1 atom stereocenters. The average molecular weight is 314 g/mol. The Morgan fingerprint density at radius 2 is 2.22 bits per heavy atom. The summed E-state index contributed by atoms with van der Waals surface area (Å²) in [6, 6.07) is 4.40. The van der Waals surface area contributed by atoms with E-state index < -0.39 is 0 Å². The number of Topliss-reactive ketones (excluding diaryl/α,β-unsaturated/α-hetero) is 1. The Morgan fingerprint density at radius 1 is 1.39 bits per heavy atom. The first-order valence-electron chi connectivity index (χ1n) is 6.37. The fraction of sp³-hybridized carbons (Fsp3) is 0.500. The van der Waals surface area contributed by atoms with Crippen LogP contribution < -0.4 is 5.32 Å². The second-order valence-corrected chi connectivity index (χ2v) is 5.59. The molecule has 4 heteroatoms. The molecule has 18 heavy (non-hydrogen) atoms.